The van der Waals surface area contributed by atoms with E-state index in [1.54, 1.807) is 0 Å². The van der Waals surface area contributed by atoms with Crippen molar-refractivity contribution in [1.29, 1.82) is 0 Å². The molecule has 0 unspecified atom stereocenters. The zero-order valence-corrected chi connectivity index (χ0v) is 13.4. The minimum atomic E-state index is -0.00246. The summed E-state index contributed by atoms with van der Waals surface area (Å²) in [4.78, 5) is 14.4. The third-order valence-corrected chi connectivity index (χ3v) is 3.76. The van der Waals surface area contributed by atoms with Crippen LogP contribution in [0.3, 0.4) is 0 Å². The zero-order valence-electron chi connectivity index (χ0n) is 13.4. The first-order valence-electron chi connectivity index (χ1n) is 8.14. The summed E-state index contributed by atoms with van der Waals surface area (Å²) in [5.74, 6) is -0.00246. The summed E-state index contributed by atoms with van der Waals surface area (Å²) >= 11 is 0. The first-order valence-corrected chi connectivity index (χ1v) is 8.14. The van der Waals surface area contributed by atoms with Gasteiger partial charge in [-0.05, 0) is 24.1 Å². The Kier molecular flexibility index (Phi) is 7.13. The Morgan fingerprint density at radius 1 is 1.27 bits per heavy atom. The van der Waals surface area contributed by atoms with Crippen LogP contribution in [0.4, 0.5) is 0 Å². The number of rotatable bonds is 7. The summed E-state index contributed by atoms with van der Waals surface area (Å²) in [6.45, 7) is 7.21. The number of benzene rings is 1. The largest absolute Gasteiger partial charge is 0.379 e. The van der Waals surface area contributed by atoms with E-state index < -0.39 is 0 Å². The normalized spacial score (nSPS) is 16.0. The highest BCUT2D eigenvalue weighted by atomic mass is 16.5. The number of carbonyl (C=O) groups is 1. The molecule has 0 bridgehead atoms. The molecule has 1 aliphatic heterocycles. The predicted octanol–water partition coefficient (Wildman–Crippen LogP) is 2.56. The van der Waals surface area contributed by atoms with E-state index in [2.05, 4.69) is 29.3 Å². The van der Waals surface area contributed by atoms with E-state index in [0.29, 0.717) is 6.54 Å². The Morgan fingerprint density at radius 3 is 2.68 bits per heavy atom. The van der Waals surface area contributed by atoms with E-state index in [9.17, 15) is 4.79 Å². The van der Waals surface area contributed by atoms with Gasteiger partial charge in [-0.3, -0.25) is 9.69 Å². The Balaban J connectivity index is 1.74. The Labute approximate surface area is 133 Å². The molecular formula is C18H26N2O2. The summed E-state index contributed by atoms with van der Waals surface area (Å²) in [7, 11) is 0. The maximum absolute atomic E-state index is 12.1. The molecule has 0 atom stereocenters. The van der Waals surface area contributed by atoms with Gasteiger partial charge in [0.25, 0.3) is 5.91 Å². The summed E-state index contributed by atoms with van der Waals surface area (Å²) in [6.07, 6.45) is 6.50. The predicted molar refractivity (Wildman–Crippen MR) is 90.0 cm³/mol. The number of nitrogens with zero attached hydrogens (tertiary/aromatic N) is 1. The number of ether oxygens (including phenoxy) is 1. The molecule has 0 spiro atoms. The molecule has 1 aromatic rings. The van der Waals surface area contributed by atoms with Gasteiger partial charge in [0.05, 0.1) is 13.2 Å². The van der Waals surface area contributed by atoms with E-state index in [0.717, 1.165) is 56.8 Å². The van der Waals surface area contributed by atoms with Gasteiger partial charge in [0.15, 0.2) is 0 Å². The lowest BCUT2D eigenvalue weighted by molar-refractivity contribution is 0.0383. The fourth-order valence-electron chi connectivity index (χ4n) is 2.39. The number of carbonyl (C=O) groups excluding carboxylic acids is 1. The molecule has 1 fully saturated rings. The lowest BCUT2D eigenvalue weighted by Crippen LogP contribution is -2.41. The van der Waals surface area contributed by atoms with Crippen LogP contribution in [0.5, 0.6) is 0 Å². The second-order valence-electron chi connectivity index (χ2n) is 5.52. The van der Waals surface area contributed by atoms with Gasteiger partial charge >= 0.3 is 0 Å². The maximum Gasteiger partial charge on any atom is 0.251 e. The van der Waals surface area contributed by atoms with Gasteiger partial charge < -0.3 is 10.1 Å². The summed E-state index contributed by atoms with van der Waals surface area (Å²) in [5.41, 5.74) is 1.85. The fraction of sp³-hybridized carbons (Fsp3) is 0.500. The number of hydrogen-bond donors (Lipinski definition) is 1. The van der Waals surface area contributed by atoms with Gasteiger partial charge in [-0.2, -0.15) is 0 Å². The Hall–Kier alpha value is -1.65. The molecule has 1 amide bonds. The number of hydrogen-bond acceptors (Lipinski definition) is 3. The van der Waals surface area contributed by atoms with E-state index in [-0.39, 0.29) is 5.91 Å². The van der Waals surface area contributed by atoms with Crippen molar-refractivity contribution < 1.29 is 9.53 Å². The molecule has 1 N–H and O–H groups in total. The number of allylic oxidation sites excluding steroid dienone is 1. The van der Waals surface area contributed by atoms with Crippen molar-refractivity contribution in [3.63, 3.8) is 0 Å². The molecule has 0 saturated carbocycles. The molecule has 1 heterocycles. The summed E-state index contributed by atoms with van der Waals surface area (Å²) in [6, 6.07) is 7.75. The molecule has 4 heteroatoms. The monoisotopic (exact) mass is 302 g/mol. The lowest BCUT2D eigenvalue weighted by Gasteiger charge is -2.26. The third-order valence-electron chi connectivity index (χ3n) is 3.76. The van der Waals surface area contributed by atoms with Crippen molar-refractivity contribution in [1.82, 2.24) is 10.2 Å². The van der Waals surface area contributed by atoms with Crippen LogP contribution >= 0.6 is 0 Å². The molecule has 0 radical (unpaired) electrons. The molecule has 22 heavy (non-hydrogen) atoms. The van der Waals surface area contributed by atoms with Crippen molar-refractivity contribution in [2.75, 3.05) is 39.4 Å². The van der Waals surface area contributed by atoms with Crippen LogP contribution in [0.2, 0.25) is 0 Å². The molecule has 1 saturated heterocycles. The molecular weight excluding hydrogens is 276 g/mol. The molecule has 4 nitrogen and oxygen atoms in total. The second-order valence-corrected chi connectivity index (χ2v) is 5.52. The second kappa shape index (κ2) is 9.38. The van der Waals surface area contributed by atoms with Gasteiger partial charge in [-0.25, -0.2) is 0 Å². The van der Waals surface area contributed by atoms with Crippen LogP contribution in [0.1, 0.15) is 35.7 Å². The van der Waals surface area contributed by atoms with Crippen LogP contribution in [0, 0.1) is 0 Å². The smallest absolute Gasteiger partial charge is 0.251 e. The Bertz CT molecular complexity index is 476. The number of morpholine rings is 1. The highest BCUT2D eigenvalue weighted by molar-refractivity contribution is 5.94. The highest BCUT2D eigenvalue weighted by Gasteiger charge is 2.10. The highest BCUT2D eigenvalue weighted by Crippen LogP contribution is 2.07. The summed E-state index contributed by atoms with van der Waals surface area (Å²) in [5, 5.41) is 2.98. The minimum absolute atomic E-state index is 0.00246. The van der Waals surface area contributed by atoms with E-state index in [1.807, 2.05) is 24.3 Å². The number of amides is 1. The first-order chi connectivity index (χ1) is 10.8. The van der Waals surface area contributed by atoms with Gasteiger partial charge in [0.2, 0.25) is 0 Å². The number of unbranched alkanes of at least 4 members (excludes halogenated alkanes) is 1. The van der Waals surface area contributed by atoms with Gasteiger partial charge in [-0.1, -0.05) is 37.6 Å². The van der Waals surface area contributed by atoms with Crippen molar-refractivity contribution in [3.05, 3.63) is 41.5 Å². The van der Waals surface area contributed by atoms with Crippen LogP contribution < -0.4 is 5.32 Å². The van der Waals surface area contributed by atoms with E-state index >= 15 is 0 Å². The van der Waals surface area contributed by atoms with Gasteiger partial charge in [0.1, 0.15) is 0 Å². The van der Waals surface area contributed by atoms with Crippen LogP contribution in [0.25, 0.3) is 6.08 Å². The van der Waals surface area contributed by atoms with E-state index in [1.165, 1.54) is 0 Å². The average molecular weight is 302 g/mol. The van der Waals surface area contributed by atoms with Crippen LogP contribution in [-0.4, -0.2) is 50.2 Å². The van der Waals surface area contributed by atoms with Crippen molar-refractivity contribution in [3.8, 4) is 0 Å². The van der Waals surface area contributed by atoms with Crippen LogP contribution in [0.15, 0.2) is 30.3 Å². The minimum Gasteiger partial charge on any atom is -0.379 e. The van der Waals surface area contributed by atoms with Gasteiger partial charge in [-0.15, -0.1) is 0 Å². The fourth-order valence-corrected chi connectivity index (χ4v) is 2.39. The Morgan fingerprint density at radius 2 is 2.00 bits per heavy atom. The molecule has 1 aliphatic rings. The SMILES string of the molecule is CCCC=Cc1ccc(C(=O)NCCN2CCOCC2)cc1. The van der Waals surface area contributed by atoms with Crippen molar-refractivity contribution in [2.45, 2.75) is 19.8 Å². The maximum atomic E-state index is 12.1. The third kappa shape index (κ3) is 5.62. The number of nitrogens with one attached hydrogen (secondary N) is 1. The van der Waals surface area contributed by atoms with Gasteiger partial charge in [0, 0.05) is 31.7 Å². The topological polar surface area (TPSA) is 41.6 Å². The molecule has 0 aromatic heterocycles. The molecule has 0 aliphatic carbocycles. The summed E-state index contributed by atoms with van der Waals surface area (Å²) < 4.78 is 5.31. The van der Waals surface area contributed by atoms with Crippen molar-refractivity contribution >= 4 is 12.0 Å². The first kappa shape index (κ1) is 16.7. The lowest BCUT2D eigenvalue weighted by atomic mass is 10.1. The molecule has 2 rings (SSSR count). The van der Waals surface area contributed by atoms with Crippen LogP contribution in [-0.2, 0) is 4.74 Å². The van der Waals surface area contributed by atoms with Crippen molar-refractivity contribution in [2.24, 2.45) is 0 Å². The average Bonchev–Trinajstić information content (AvgIpc) is 2.56. The molecule has 1 aromatic carbocycles. The standard InChI is InChI=1S/C18H26N2O2/c1-2-3-4-5-16-6-8-17(9-7-16)18(21)19-10-11-20-12-14-22-15-13-20/h4-9H,2-3,10-15H2,1H3,(H,19,21). The quantitative estimate of drug-likeness (QED) is 0.841. The zero-order chi connectivity index (χ0) is 15.6. The molecule has 120 valence electrons. The van der Waals surface area contributed by atoms with E-state index in [4.69, 9.17) is 4.74 Å².